The number of rotatable bonds is 8. The van der Waals surface area contributed by atoms with Crippen molar-refractivity contribution < 1.29 is 4.74 Å². The maximum Gasteiger partial charge on any atom is 0.284 e. The molecule has 0 aliphatic rings. The zero-order chi connectivity index (χ0) is 25.4. The molecule has 11 heteroatoms. The van der Waals surface area contributed by atoms with Crippen LogP contribution in [0.5, 0.6) is 5.75 Å². The first-order valence-electron chi connectivity index (χ1n) is 11.8. The topological polar surface area (TPSA) is 102 Å². The summed E-state index contributed by atoms with van der Waals surface area (Å²) < 4.78 is 9.13. The van der Waals surface area contributed by atoms with Crippen LogP contribution in [0.25, 0.3) is 32.7 Å². The largest absolute Gasteiger partial charge is 0.494 e. The fraction of sp³-hybridized carbons (Fsp3) is 0.192. The van der Waals surface area contributed by atoms with E-state index in [4.69, 9.17) is 9.72 Å². The third-order valence-electron chi connectivity index (χ3n) is 5.91. The summed E-state index contributed by atoms with van der Waals surface area (Å²) in [7, 11) is 4.09. The molecule has 4 aromatic heterocycles. The number of para-hydroxylation sites is 1. The predicted molar refractivity (Wildman–Crippen MR) is 145 cm³/mol. The van der Waals surface area contributed by atoms with E-state index in [-0.39, 0.29) is 5.56 Å². The van der Waals surface area contributed by atoms with Gasteiger partial charge in [-0.05, 0) is 56.9 Å². The maximum atomic E-state index is 13.6. The van der Waals surface area contributed by atoms with Gasteiger partial charge >= 0.3 is 0 Å². The summed E-state index contributed by atoms with van der Waals surface area (Å²) in [6.45, 7) is 1.64. The Morgan fingerprint density at radius 3 is 2.65 bits per heavy atom. The van der Waals surface area contributed by atoms with E-state index in [1.54, 1.807) is 15.4 Å². The lowest BCUT2D eigenvalue weighted by molar-refractivity contribution is 0.281. The molecule has 4 heterocycles. The molecule has 0 spiro atoms. The SMILES string of the molecule is CN(C)CCCOc1ccc(Nc2ncc3c(=O)n4c(nc3n2)c2ccccc2n4-c2nccs2)cc1. The smallest absolute Gasteiger partial charge is 0.284 e. The van der Waals surface area contributed by atoms with Crippen LogP contribution in [-0.2, 0) is 0 Å². The second-order valence-electron chi connectivity index (χ2n) is 8.78. The van der Waals surface area contributed by atoms with E-state index in [0.29, 0.717) is 34.4 Å². The molecule has 0 atom stereocenters. The van der Waals surface area contributed by atoms with Gasteiger partial charge in [-0.2, -0.15) is 9.50 Å². The molecule has 0 bridgehead atoms. The first kappa shape index (κ1) is 23.1. The van der Waals surface area contributed by atoms with Crippen molar-refractivity contribution in [3.05, 3.63) is 76.7 Å². The average Bonchev–Trinajstić information content (AvgIpc) is 3.54. The summed E-state index contributed by atoms with van der Waals surface area (Å²) in [5.41, 5.74) is 2.23. The molecule has 6 rings (SSSR count). The van der Waals surface area contributed by atoms with Crippen LogP contribution in [-0.4, -0.2) is 61.3 Å². The zero-order valence-corrected chi connectivity index (χ0v) is 21.1. The van der Waals surface area contributed by atoms with Gasteiger partial charge in [0.2, 0.25) is 11.1 Å². The molecule has 186 valence electrons. The fourth-order valence-electron chi connectivity index (χ4n) is 4.19. The number of nitrogens with zero attached hydrogens (tertiary/aromatic N) is 7. The van der Waals surface area contributed by atoms with Gasteiger partial charge in [0, 0.05) is 35.4 Å². The number of aromatic nitrogens is 6. The Kier molecular flexibility index (Phi) is 5.99. The van der Waals surface area contributed by atoms with Crippen LogP contribution < -0.4 is 15.6 Å². The van der Waals surface area contributed by atoms with Crippen LogP contribution in [0.2, 0.25) is 0 Å². The Balaban J connectivity index is 1.33. The van der Waals surface area contributed by atoms with Gasteiger partial charge < -0.3 is 15.0 Å². The zero-order valence-electron chi connectivity index (χ0n) is 20.3. The average molecular weight is 513 g/mol. The number of anilines is 2. The highest BCUT2D eigenvalue weighted by molar-refractivity contribution is 7.12. The van der Waals surface area contributed by atoms with E-state index >= 15 is 0 Å². The van der Waals surface area contributed by atoms with Gasteiger partial charge in [-0.15, -0.1) is 11.3 Å². The van der Waals surface area contributed by atoms with Gasteiger partial charge in [0.1, 0.15) is 11.1 Å². The van der Waals surface area contributed by atoms with Crippen molar-refractivity contribution in [2.24, 2.45) is 0 Å². The number of ether oxygens (including phenoxy) is 1. The summed E-state index contributed by atoms with van der Waals surface area (Å²) in [5.74, 6) is 1.16. The molecule has 0 fully saturated rings. The number of nitrogens with one attached hydrogen (secondary N) is 1. The third kappa shape index (κ3) is 4.39. The lowest BCUT2D eigenvalue weighted by atomic mass is 10.2. The monoisotopic (exact) mass is 512 g/mol. The summed E-state index contributed by atoms with van der Waals surface area (Å²) in [6, 6.07) is 15.4. The van der Waals surface area contributed by atoms with Crippen LogP contribution in [0.4, 0.5) is 11.6 Å². The van der Waals surface area contributed by atoms with Crippen LogP contribution in [0.15, 0.2) is 71.1 Å². The van der Waals surface area contributed by atoms with Gasteiger partial charge in [-0.25, -0.2) is 19.6 Å². The minimum atomic E-state index is -0.256. The molecule has 37 heavy (non-hydrogen) atoms. The van der Waals surface area contributed by atoms with Crippen molar-refractivity contribution >= 4 is 50.6 Å². The Hall–Kier alpha value is -4.35. The molecule has 1 N–H and O–H groups in total. The van der Waals surface area contributed by atoms with Crippen molar-refractivity contribution in [2.75, 3.05) is 32.6 Å². The van der Waals surface area contributed by atoms with E-state index in [9.17, 15) is 4.79 Å². The molecule has 2 aromatic carbocycles. The van der Waals surface area contributed by atoms with Crippen molar-refractivity contribution in [1.82, 2.24) is 34.0 Å². The minimum absolute atomic E-state index is 0.256. The first-order valence-corrected chi connectivity index (χ1v) is 12.7. The van der Waals surface area contributed by atoms with Crippen LogP contribution in [0.3, 0.4) is 0 Å². The molecule has 0 saturated carbocycles. The lowest BCUT2D eigenvalue weighted by Crippen LogP contribution is -2.21. The highest BCUT2D eigenvalue weighted by Gasteiger charge is 2.19. The lowest BCUT2D eigenvalue weighted by Gasteiger charge is -2.11. The van der Waals surface area contributed by atoms with Gasteiger partial charge in [-0.1, -0.05) is 12.1 Å². The Labute approximate surface area is 215 Å². The normalized spacial score (nSPS) is 11.6. The van der Waals surface area contributed by atoms with Gasteiger partial charge in [0.15, 0.2) is 11.3 Å². The highest BCUT2D eigenvalue weighted by Crippen LogP contribution is 2.26. The van der Waals surface area contributed by atoms with E-state index in [1.165, 1.54) is 17.5 Å². The summed E-state index contributed by atoms with van der Waals surface area (Å²) in [6.07, 6.45) is 4.18. The number of benzene rings is 2. The summed E-state index contributed by atoms with van der Waals surface area (Å²) in [4.78, 5) is 33.8. The molecule has 0 aliphatic carbocycles. The fourth-order valence-corrected chi connectivity index (χ4v) is 4.83. The summed E-state index contributed by atoms with van der Waals surface area (Å²) >= 11 is 1.45. The van der Waals surface area contributed by atoms with E-state index in [2.05, 4.69) is 25.2 Å². The third-order valence-corrected chi connectivity index (χ3v) is 6.65. The van der Waals surface area contributed by atoms with Crippen molar-refractivity contribution in [1.29, 1.82) is 0 Å². The Bertz CT molecular complexity index is 1760. The van der Waals surface area contributed by atoms with Gasteiger partial charge in [-0.3, -0.25) is 4.79 Å². The molecule has 0 radical (unpaired) electrons. The second-order valence-corrected chi connectivity index (χ2v) is 9.65. The first-order chi connectivity index (χ1) is 18.1. The van der Waals surface area contributed by atoms with Crippen LogP contribution >= 0.6 is 11.3 Å². The molecular formula is C26H24N8O2S. The van der Waals surface area contributed by atoms with Crippen molar-refractivity contribution in [3.63, 3.8) is 0 Å². The van der Waals surface area contributed by atoms with Gasteiger partial charge in [0.05, 0.1) is 12.1 Å². The second kappa shape index (κ2) is 9.60. The highest BCUT2D eigenvalue weighted by atomic mass is 32.1. The number of hydrogen-bond acceptors (Lipinski definition) is 9. The quantitative estimate of drug-likeness (QED) is 0.304. The number of fused-ring (bicyclic) bond motifs is 4. The van der Waals surface area contributed by atoms with E-state index < -0.39 is 0 Å². The molecule has 0 unspecified atom stereocenters. The van der Waals surface area contributed by atoms with E-state index in [0.717, 1.165) is 35.3 Å². The molecule has 6 aromatic rings. The van der Waals surface area contributed by atoms with Crippen molar-refractivity contribution in [2.45, 2.75) is 6.42 Å². The van der Waals surface area contributed by atoms with Crippen LogP contribution in [0, 0.1) is 0 Å². The number of hydrogen-bond donors (Lipinski definition) is 1. The minimum Gasteiger partial charge on any atom is -0.494 e. The molecule has 0 saturated heterocycles. The van der Waals surface area contributed by atoms with Crippen LogP contribution in [0.1, 0.15) is 6.42 Å². The molecule has 10 nitrogen and oxygen atoms in total. The van der Waals surface area contributed by atoms with Crippen molar-refractivity contribution in [3.8, 4) is 10.9 Å². The predicted octanol–water partition coefficient (Wildman–Crippen LogP) is 4.11. The Morgan fingerprint density at radius 2 is 1.86 bits per heavy atom. The molecular weight excluding hydrogens is 488 g/mol. The van der Waals surface area contributed by atoms with Gasteiger partial charge in [0.25, 0.3) is 5.56 Å². The maximum absolute atomic E-state index is 13.6. The molecule has 0 aliphatic heterocycles. The summed E-state index contributed by atoms with van der Waals surface area (Å²) in [5, 5.41) is 6.91. The Morgan fingerprint density at radius 1 is 1.03 bits per heavy atom. The molecule has 0 amide bonds. The van der Waals surface area contributed by atoms with E-state index in [1.807, 2.05) is 68.0 Å². The number of thiazole rings is 1. The standard InChI is InChI=1S/C26H24N8O2S/c1-32(2)13-5-14-36-18-10-8-17(9-11-18)29-25-28-16-20-22(31-25)30-23-19-6-3-4-7-21(19)33(34(23)24(20)35)26-27-12-15-37-26/h3-4,6-12,15-16H,5,13-14H2,1-2H3,(H,28,29,31).